The molecule has 0 aliphatic rings. The lowest BCUT2D eigenvalue weighted by Crippen LogP contribution is -2.03. The van der Waals surface area contributed by atoms with Crippen molar-refractivity contribution in [3.8, 4) is 0 Å². The van der Waals surface area contributed by atoms with Gasteiger partial charge in [0, 0.05) is 28.9 Å². The van der Waals surface area contributed by atoms with Crippen molar-refractivity contribution < 1.29 is 4.79 Å². The summed E-state index contributed by atoms with van der Waals surface area (Å²) >= 11 is 12.0. The highest BCUT2D eigenvalue weighted by Gasteiger charge is 2.15. The third kappa shape index (κ3) is 2.46. The molecule has 3 aromatic rings. The average Bonchev–Trinajstić information content (AvgIpc) is 2.51. The zero-order valence-electron chi connectivity index (χ0n) is 10.8. The molecule has 0 amide bonds. The van der Waals surface area contributed by atoms with Crippen molar-refractivity contribution in [2.75, 3.05) is 5.73 Å². The molecule has 1 aromatic heterocycles. The molecule has 3 rings (SSSR count). The fourth-order valence-electron chi connectivity index (χ4n) is 2.19. The predicted molar refractivity (Wildman–Crippen MR) is 86.0 cm³/mol. The van der Waals surface area contributed by atoms with Crippen LogP contribution >= 0.6 is 23.2 Å². The molecule has 0 unspecified atom stereocenters. The summed E-state index contributed by atoms with van der Waals surface area (Å²) in [6, 6.07) is 10.4. The highest BCUT2D eigenvalue weighted by Crippen LogP contribution is 2.30. The Kier molecular flexibility index (Phi) is 3.53. The van der Waals surface area contributed by atoms with Gasteiger partial charge in [-0.1, -0.05) is 41.4 Å². The van der Waals surface area contributed by atoms with Crippen molar-refractivity contribution in [2.24, 2.45) is 0 Å². The van der Waals surface area contributed by atoms with Gasteiger partial charge in [0.2, 0.25) is 0 Å². The number of pyridine rings is 1. The largest absolute Gasteiger partial charge is 0.396 e. The van der Waals surface area contributed by atoms with E-state index in [2.05, 4.69) is 4.98 Å². The van der Waals surface area contributed by atoms with Crippen molar-refractivity contribution >= 4 is 45.4 Å². The second-order valence-electron chi connectivity index (χ2n) is 4.59. The highest BCUT2D eigenvalue weighted by atomic mass is 35.5. The van der Waals surface area contributed by atoms with Crippen molar-refractivity contribution in [1.29, 1.82) is 0 Å². The van der Waals surface area contributed by atoms with Gasteiger partial charge in [-0.2, -0.15) is 0 Å². The normalized spacial score (nSPS) is 10.8. The number of fused-ring (bicyclic) bond motifs is 1. The Hall–Kier alpha value is -2.10. The molecule has 0 aliphatic carbocycles. The van der Waals surface area contributed by atoms with Crippen LogP contribution in [0, 0.1) is 0 Å². The smallest absolute Gasteiger partial charge is 0.193 e. The van der Waals surface area contributed by atoms with Crippen molar-refractivity contribution in [3.63, 3.8) is 0 Å². The molecule has 1 heterocycles. The molecule has 0 atom stereocenters. The van der Waals surface area contributed by atoms with Gasteiger partial charge in [0.1, 0.15) is 0 Å². The predicted octanol–water partition coefficient (Wildman–Crippen LogP) is 4.35. The standard InChI is InChI=1S/C16H10Cl2N2O/c17-13-6-10(7-14(18)15(13)19)16(21)12-3-1-2-9-8-20-5-4-11(9)12/h1-8H,19H2. The number of hydrogen-bond acceptors (Lipinski definition) is 3. The third-order valence-electron chi connectivity index (χ3n) is 3.27. The number of hydrogen-bond donors (Lipinski definition) is 1. The van der Waals surface area contributed by atoms with Gasteiger partial charge < -0.3 is 5.73 Å². The average molecular weight is 317 g/mol. The number of halogens is 2. The van der Waals surface area contributed by atoms with Crippen LogP contribution in [-0.4, -0.2) is 10.8 Å². The van der Waals surface area contributed by atoms with Crippen LogP contribution in [0.4, 0.5) is 5.69 Å². The molecule has 5 heteroatoms. The Morgan fingerprint density at radius 2 is 1.81 bits per heavy atom. The number of aromatic nitrogens is 1. The summed E-state index contributed by atoms with van der Waals surface area (Å²) < 4.78 is 0. The van der Waals surface area contributed by atoms with E-state index < -0.39 is 0 Å². The monoisotopic (exact) mass is 316 g/mol. The second kappa shape index (κ2) is 5.35. The number of rotatable bonds is 2. The van der Waals surface area contributed by atoms with Gasteiger partial charge in [-0.3, -0.25) is 9.78 Å². The van der Waals surface area contributed by atoms with Crippen LogP contribution in [0.3, 0.4) is 0 Å². The lowest BCUT2D eigenvalue weighted by Gasteiger charge is -2.08. The molecule has 2 aromatic carbocycles. The van der Waals surface area contributed by atoms with Crippen LogP contribution in [0.2, 0.25) is 10.0 Å². The zero-order chi connectivity index (χ0) is 15.0. The summed E-state index contributed by atoms with van der Waals surface area (Å²) in [5, 5.41) is 2.28. The van der Waals surface area contributed by atoms with Gasteiger partial charge in [0.05, 0.1) is 15.7 Å². The van der Waals surface area contributed by atoms with E-state index in [1.54, 1.807) is 18.5 Å². The summed E-state index contributed by atoms with van der Waals surface area (Å²) in [5.74, 6) is -0.157. The van der Waals surface area contributed by atoms with E-state index in [4.69, 9.17) is 28.9 Å². The molecular weight excluding hydrogens is 307 g/mol. The Morgan fingerprint density at radius 3 is 2.52 bits per heavy atom. The SMILES string of the molecule is Nc1c(Cl)cc(C(=O)c2cccc3cnccc23)cc1Cl. The summed E-state index contributed by atoms with van der Waals surface area (Å²) in [7, 11) is 0. The molecule has 0 saturated heterocycles. The first kappa shape index (κ1) is 13.9. The number of ketones is 1. The van der Waals surface area contributed by atoms with Crippen LogP contribution in [0.15, 0.2) is 48.8 Å². The fraction of sp³-hybridized carbons (Fsp3) is 0. The second-order valence-corrected chi connectivity index (χ2v) is 5.40. The minimum absolute atomic E-state index is 0.157. The molecule has 0 saturated carbocycles. The molecule has 0 spiro atoms. The summed E-state index contributed by atoms with van der Waals surface area (Å²) in [4.78, 5) is 16.8. The first-order valence-corrected chi connectivity index (χ1v) is 6.95. The number of nitrogens with zero attached hydrogens (tertiary/aromatic N) is 1. The Balaban J connectivity index is 2.17. The van der Waals surface area contributed by atoms with Crippen LogP contribution < -0.4 is 5.73 Å². The minimum atomic E-state index is -0.157. The lowest BCUT2D eigenvalue weighted by atomic mass is 9.98. The van der Waals surface area contributed by atoms with Crippen molar-refractivity contribution in [3.05, 3.63) is 70.0 Å². The number of carbonyl (C=O) groups is 1. The van der Waals surface area contributed by atoms with E-state index in [1.165, 1.54) is 12.1 Å². The summed E-state index contributed by atoms with van der Waals surface area (Å²) in [6.07, 6.45) is 3.37. The van der Waals surface area contributed by atoms with Crippen LogP contribution in [-0.2, 0) is 0 Å². The van der Waals surface area contributed by atoms with Gasteiger partial charge in [0.15, 0.2) is 5.78 Å². The molecule has 2 N–H and O–H groups in total. The molecular formula is C16H10Cl2N2O. The maximum absolute atomic E-state index is 12.7. The van der Waals surface area contributed by atoms with E-state index in [1.807, 2.05) is 18.2 Å². The number of nitrogen functional groups attached to an aromatic ring is 1. The van der Waals surface area contributed by atoms with E-state index in [0.29, 0.717) is 11.1 Å². The Morgan fingerprint density at radius 1 is 1.10 bits per heavy atom. The molecule has 0 radical (unpaired) electrons. The van der Waals surface area contributed by atoms with Gasteiger partial charge in [0.25, 0.3) is 0 Å². The molecule has 0 bridgehead atoms. The highest BCUT2D eigenvalue weighted by molar-refractivity contribution is 6.39. The summed E-state index contributed by atoms with van der Waals surface area (Å²) in [6.45, 7) is 0. The topological polar surface area (TPSA) is 56.0 Å². The lowest BCUT2D eigenvalue weighted by molar-refractivity contribution is 0.104. The number of benzene rings is 2. The summed E-state index contributed by atoms with van der Waals surface area (Å²) in [5.41, 5.74) is 6.95. The molecule has 21 heavy (non-hydrogen) atoms. The van der Waals surface area contributed by atoms with E-state index in [-0.39, 0.29) is 21.5 Å². The molecule has 104 valence electrons. The first-order chi connectivity index (χ1) is 10.1. The number of nitrogens with two attached hydrogens (primary N) is 1. The van der Waals surface area contributed by atoms with Crippen LogP contribution in [0.5, 0.6) is 0 Å². The quantitative estimate of drug-likeness (QED) is 0.564. The van der Waals surface area contributed by atoms with Crippen LogP contribution in [0.1, 0.15) is 15.9 Å². The van der Waals surface area contributed by atoms with Crippen LogP contribution in [0.25, 0.3) is 10.8 Å². The zero-order valence-corrected chi connectivity index (χ0v) is 12.3. The van der Waals surface area contributed by atoms with Gasteiger partial charge in [-0.15, -0.1) is 0 Å². The van der Waals surface area contributed by atoms with E-state index in [0.717, 1.165) is 10.8 Å². The fourth-order valence-corrected chi connectivity index (χ4v) is 2.68. The van der Waals surface area contributed by atoms with Crippen molar-refractivity contribution in [1.82, 2.24) is 4.98 Å². The maximum atomic E-state index is 12.7. The van der Waals surface area contributed by atoms with Gasteiger partial charge >= 0.3 is 0 Å². The third-order valence-corrected chi connectivity index (χ3v) is 3.89. The van der Waals surface area contributed by atoms with Gasteiger partial charge in [-0.25, -0.2) is 0 Å². The Bertz CT molecular complexity index is 834. The van der Waals surface area contributed by atoms with E-state index in [9.17, 15) is 4.79 Å². The molecule has 3 nitrogen and oxygen atoms in total. The minimum Gasteiger partial charge on any atom is -0.396 e. The van der Waals surface area contributed by atoms with Crippen molar-refractivity contribution in [2.45, 2.75) is 0 Å². The van der Waals surface area contributed by atoms with Gasteiger partial charge in [-0.05, 0) is 23.6 Å². The maximum Gasteiger partial charge on any atom is 0.193 e. The number of anilines is 1. The molecule has 0 aliphatic heterocycles. The first-order valence-electron chi connectivity index (χ1n) is 6.20. The number of carbonyl (C=O) groups excluding carboxylic acids is 1. The Labute approximate surface area is 131 Å². The molecule has 0 fully saturated rings. The van der Waals surface area contributed by atoms with E-state index >= 15 is 0 Å².